The second-order valence-corrected chi connectivity index (χ2v) is 4.48. The Morgan fingerprint density at radius 1 is 1.19 bits per heavy atom. The molecule has 1 aromatic carbocycles. The molecule has 0 atom stereocenters. The van der Waals surface area contributed by atoms with Crippen molar-refractivity contribution in [1.82, 2.24) is 0 Å². The molecule has 4 N–H and O–H groups in total. The van der Waals surface area contributed by atoms with E-state index in [0.717, 1.165) is 31.7 Å². The number of phenols is 2. The number of halogens is 1. The number of hydrogen-bond acceptors (Lipinski definition) is 3. The molecule has 2 rings (SSSR count). The minimum absolute atomic E-state index is 0.109. The van der Waals surface area contributed by atoms with Crippen molar-refractivity contribution >= 4 is 0 Å². The lowest BCUT2D eigenvalue weighted by molar-refractivity contribution is 0.365. The monoisotopic (exact) mass is 225 g/mol. The molecule has 0 saturated heterocycles. The summed E-state index contributed by atoms with van der Waals surface area (Å²) in [6, 6.07) is 2.48. The average Bonchev–Trinajstić information content (AvgIpc) is 2.74. The van der Waals surface area contributed by atoms with E-state index in [9.17, 15) is 14.6 Å². The SMILES string of the molecule is NCC1(c2c(O)ccc(O)c2F)CCCC1. The Morgan fingerprint density at radius 2 is 1.75 bits per heavy atom. The largest absolute Gasteiger partial charge is 0.508 e. The van der Waals surface area contributed by atoms with Crippen molar-refractivity contribution in [2.24, 2.45) is 5.73 Å². The smallest absolute Gasteiger partial charge is 0.172 e. The van der Waals surface area contributed by atoms with Gasteiger partial charge in [0.25, 0.3) is 0 Å². The first kappa shape index (κ1) is 11.2. The summed E-state index contributed by atoms with van der Waals surface area (Å²) >= 11 is 0. The summed E-state index contributed by atoms with van der Waals surface area (Å²) in [5, 5.41) is 19.1. The normalized spacial score (nSPS) is 18.9. The van der Waals surface area contributed by atoms with E-state index >= 15 is 0 Å². The van der Waals surface area contributed by atoms with E-state index in [0.29, 0.717) is 6.54 Å². The van der Waals surface area contributed by atoms with Crippen molar-refractivity contribution in [3.8, 4) is 11.5 Å². The molecule has 0 bridgehead atoms. The number of benzene rings is 1. The lowest BCUT2D eigenvalue weighted by Gasteiger charge is -2.29. The first-order valence-corrected chi connectivity index (χ1v) is 5.52. The maximum atomic E-state index is 13.9. The lowest BCUT2D eigenvalue weighted by Crippen LogP contribution is -2.33. The molecule has 4 heteroatoms. The van der Waals surface area contributed by atoms with E-state index in [-0.39, 0.29) is 11.3 Å². The molecule has 0 amide bonds. The molecule has 0 unspecified atom stereocenters. The van der Waals surface area contributed by atoms with Crippen molar-refractivity contribution in [3.05, 3.63) is 23.5 Å². The van der Waals surface area contributed by atoms with Crippen LogP contribution in [-0.2, 0) is 5.41 Å². The van der Waals surface area contributed by atoms with Gasteiger partial charge in [-0.3, -0.25) is 0 Å². The zero-order chi connectivity index (χ0) is 11.8. The van der Waals surface area contributed by atoms with Crippen LogP contribution in [0, 0.1) is 5.82 Å². The van der Waals surface area contributed by atoms with Crippen LogP contribution in [0.2, 0.25) is 0 Å². The molecule has 1 fully saturated rings. The molecule has 3 nitrogen and oxygen atoms in total. The molecule has 16 heavy (non-hydrogen) atoms. The van der Waals surface area contributed by atoms with Gasteiger partial charge in [0, 0.05) is 17.5 Å². The zero-order valence-electron chi connectivity index (χ0n) is 9.04. The van der Waals surface area contributed by atoms with Crippen LogP contribution in [0.1, 0.15) is 31.2 Å². The van der Waals surface area contributed by atoms with E-state index in [1.807, 2.05) is 0 Å². The van der Waals surface area contributed by atoms with Crippen molar-refractivity contribution < 1.29 is 14.6 Å². The molecule has 0 spiro atoms. The van der Waals surface area contributed by atoms with Crippen molar-refractivity contribution in [3.63, 3.8) is 0 Å². The van der Waals surface area contributed by atoms with Gasteiger partial charge in [-0.25, -0.2) is 4.39 Å². The Hall–Kier alpha value is -1.29. The van der Waals surface area contributed by atoms with Gasteiger partial charge >= 0.3 is 0 Å². The highest BCUT2D eigenvalue weighted by Crippen LogP contribution is 2.46. The van der Waals surface area contributed by atoms with Crippen LogP contribution in [-0.4, -0.2) is 16.8 Å². The Labute approximate surface area is 93.7 Å². The van der Waals surface area contributed by atoms with Crippen LogP contribution < -0.4 is 5.73 Å². The van der Waals surface area contributed by atoms with E-state index in [4.69, 9.17) is 5.73 Å². The summed E-state index contributed by atoms with van der Waals surface area (Å²) in [4.78, 5) is 0. The molecule has 88 valence electrons. The van der Waals surface area contributed by atoms with Crippen molar-refractivity contribution in [2.45, 2.75) is 31.1 Å². The van der Waals surface area contributed by atoms with Gasteiger partial charge < -0.3 is 15.9 Å². The molecule has 1 aromatic rings. The number of aromatic hydroxyl groups is 2. The fraction of sp³-hybridized carbons (Fsp3) is 0.500. The van der Waals surface area contributed by atoms with E-state index in [1.54, 1.807) is 0 Å². The molecule has 0 radical (unpaired) electrons. The van der Waals surface area contributed by atoms with Gasteiger partial charge in [0.1, 0.15) is 5.75 Å². The molecule has 0 aliphatic heterocycles. The Bertz CT molecular complexity index is 400. The summed E-state index contributed by atoms with van der Waals surface area (Å²) in [5.74, 6) is -1.26. The summed E-state index contributed by atoms with van der Waals surface area (Å²) < 4.78 is 13.9. The van der Waals surface area contributed by atoms with Gasteiger partial charge in [0.15, 0.2) is 11.6 Å². The summed E-state index contributed by atoms with van der Waals surface area (Å²) in [6.45, 7) is 0.293. The fourth-order valence-corrected chi connectivity index (χ4v) is 2.67. The quantitative estimate of drug-likeness (QED) is 0.674. The van der Waals surface area contributed by atoms with Gasteiger partial charge in [-0.15, -0.1) is 0 Å². The van der Waals surface area contributed by atoms with E-state index in [2.05, 4.69) is 0 Å². The van der Waals surface area contributed by atoms with Gasteiger partial charge in [-0.2, -0.15) is 0 Å². The average molecular weight is 225 g/mol. The predicted molar refractivity (Wildman–Crippen MR) is 58.9 cm³/mol. The molecular formula is C12H16FNO2. The predicted octanol–water partition coefficient (Wildman–Crippen LogP) is 2.01. The second kappa shape index (κ2) is 3.94. The van der Waals surface area contributed by atoms with Crippen LogP contribution in [0.5, 0.6) is 11.5 Å². The lowest BCUT2D eigenvalue weighted by atomic mass is 9.78. The number of hydrogen-bond donors (Lipinski definition) is 3. The highest BCUT2D eigenvalue weighted by atomic mass is 19.1. The number of nitrogens with two attached hydrogens (primary N) is 1. The van der Waals surface area contributed by atoms with Crippen molar-refractivity contribution in [2.75, 3.05) is 6.54 Å². The Kier molecular flexibility index (Phi) is 2.76. The first-order valence-electron chi connectivity index (χ1n) is 5.52. The van der Waals surface area contributed by atoms with Crippen molar-refractivity contribution in [1.29, 1.82) is 0 Å². The fourth-order valence-electron chi connectivity index (χ4n) is 2.67. The molecule has 1 aliphatic rings. The van der Waals surface area contributed by atoms with Gasteiger partial charge in [-0.1, -0.05) is 12.8 Å². The van der Waals surface area contributed by atoms with Gasteiger partial charge in [0.2, 0.25) is 0 Å². The number of rotatable bonds is 2. The zero-order valence-corrected chi connectivity index (χ0v) is 9.04. The third-order valence-corrected chi connectivity index (χ3v) is 3.58. The Morgan fingerprint density at radius 3 is 2.31 bits per heavy atom. The second-order valence-electron chi connectivity index (χ2n) is 4.48. The minimum Gasteiger partial charge on any atom is -0.508 e. The highest BCUT2D eigenvalue weighted by Gasteiger charge is 2.39. The third kappa shape index (κ3) is 1.53. The van der Waals surface area contributed by atoms with Gasteiger partial charge in [-0.05, 0) is 25.0 Å². The van der Waals surface area contributed by atoms with E-state index in [1.165, 1.54) is 6.07 Å². The third-order valence-electron chi connectivity index (χ3n) is 3.58. The van der Waals surface area contributed by atoms with Gasteiger partial charge in [0.05, 0.1) is 0 Å². The maximum absolute atomic E-state index is 13.9. The Balaban J connectivity index is 2.57. The topological polar surface area (TPSA) is 66.5 Å². The summed E-state index contributed by atoms with van der Waals surface area (Å²) in [7, 11) is 0. The van der Waals surface area contributed by atoms with Crippen LogP contribution >= 0.6 is 0 Å². The minimum atomic E-state index is -0.729. The first-order chi connectivity index (χ1) is 7.60. The standard InChI is InChI=1S/C12H16FNO2/c13-11-9(16)4-3-8(15)10(11)12(7-14)5-1-2-6-12/h3-4,15-16H,1-2,5-7,14H2. The molecule has 1 saturated carbocycles. The number of phenolic OH excluding ortho intramolecular Hbond substituents is 2. The van der Waals surface area contributed by atoms with Crippen LogP contribution in [0.25, 0.3) is 0 Å². The highest BCUT2D eigenvalue weighted by molar-refractivity contribution is 5.46. The van der Waals surface area contributed by atoms with Crippen LogP contribution in [0.15, 0.2) is 12.1 Å². The van der Waals surface area contributed by atoms with E-state index < -0.39 is 17.0 Å². The summed E-state index contributed by atoms with van der Waals surface area (Å²) in [5.41, 5.74) is 5.41. The molecular weight excluding hydrogens is 209 g/mol. The maximum Gasteiger partial charge on any atom is 0.172 e. The molecule has 0 aromatic heterocycles. The molecule has 1 aliphatic carbocycles. The molecule has 0 heterocycles. The summed E-state index contributed by atoms with van der Waals surface area (Å²) in [6.07, 6.45) is 3.48. The van der Waals surface area contributed by atoms with Crippen LogP contribution in [0.4, 0.5) is 4.39 Å². The van der Waals surface area contributed by atoms with Crippen LogP contribution in [0.3, 0.4) is 0 Å².